The summed E-state index contributed by atoms with van der Waals surface area (Å²) in [5.41, 5.74) is 0.820. The lowest BCUT2D eigenvalue weighted by Crippen LogP contribution is -2.44. The van der Waals surface area contributed by atoms with Gasteiger partial charge in [-0.2, -0.15) is 0 Å². The number of β-amino-alcohol motifs (C(OH)–C–C–N with tert-alkyl or cyclic N) is 1. The third-order valence-electron chi connectivity index (χ3n) is 4.70. The van der Waals surface area contributed by atoms with E-state index in [0.29, 0.717) is 31.6 Å². The Morgan fingerprint density at radius 2 is 2.12 bits per heavy atom. The van der Waals surface area contributed by atoms with Crippen LogP contribution in [-0.2, 0) is 6.54 Å². The zero-order valence-electron chi connectivity index (χ0n) is 15.3. The van der Waals surface area contributed by atoms with E-state index in [9.17, 15) is 9.90 Å². The number of carbonyl (C=O) groups is 1. The second kappa shape index (κ2) is 7.85. The minimum absolute atomic E-state index is 0.0770. The van der Waals surface area contributed by atoms with Crippen molar-refractivity contribution in [3.63, 3.8) is 0 Å². The number of methoxy groups -OCH3 is 1. The molecule has 1 aromatic carbocycles. The molecule has 6 heteroatoms. The Balaban J connectivity index is 1.56. The van der Waals surface area contributed by atoms with Crippen LogP contribution >= 0.6 is 0 Å². The lowest BCUT2D eigenvalue weighted by Gasteiger charge is -2.29. The standard InChI is InChI=1S/C20H25N3O3/c1-22(13-16-5-7-18(26-2)8-6-16)14-20(25)9-11-23(15-20)19(24)17-4-3-10-21-12-17/h3-8,10,12,25H,9,11,13-15H2,1-2H3. The first-order chi connectivity index (χ1) is 12.5. The van der Waals surface area contributed by atoms with Gasteiger partial charge >= 0.3 is 0 Å². The van der Waals surface area contributed by atoms with Crippen molar-refractivity contribution >= 4 is 5.91 Å². The van der Waals surface area contributed by atoms with Gasteiger partial charge < -0.3 is 14.7 Å². The van der Waals surface area contributed by atoms with Crippen molar-refractivity contribution in [2.75, 3.05) is 33.8 Å². The number of hydrogen-bond acceptors (Lipinski definition) is 5. The van der Waals surface area contributed by atoms with Crippen molar-refractivity contribution in [2.24, 2.45) is 0 Å². The monoisotopic (exact) mass is 355 g/mol. The summed E-state index contributed by atoms with van der Waals surface area (Å²) < 4.78 is 5.17. The minimum Gasteiger partial charge on any atom is -0.497 e. The molecule has 1 aliphatic heterocycles. The number of benzene rings is 1. The van der Waals surface area contributed by atoms with Crippen LogP contribution in [0.4, 0.5) is 0 Å². The number of likely N-dealkylation sites (tertiary alicyclic amines) is 1. The van der Waals surface area contributed by atoms with Crippen LogP contribution in [0.15, 0.2) is 48.8 Å². The van der Waals surface area contributed by atoms with Gasteiger partial charge in [-0.15, -0.1) is 0 Å². The van der Waals surface area contributed by atoms with Crippen LogP contribution in [0.5, 0.6) is 5.75 Å². The van der Waals surface area contributed by atoms with Gasteiger partial charge in [0.15, 0.2) is 0 Å². The van der Waals surface area contributed by atoms with Crippen molar-refractivity contribution in [3.05, 3.63) is 59.9 Å². The largest absolute Gasteiger partial charge is 0.497 e. The topological polar surface area (TPSA) is 65.9 Å². The molecule has 1 N–H and O–H groups in total. The summed E-state index contributed by atoms with van der Waals surface area (Å²) in [4.78, 5) is 20.3. The molecule has 2 heterocycles. The Kier molecular flexibility index (Phi) is 5.54. The molecule has 0 bridgehead atoms. The number of rotatable bonds is 6. The summed E-state index contributed by atoms with van der Waals surface area (Å²) in [6.45, 7) is 2.13. The van der Waals surface area contributed by atoms with E-state index in [4.69, 9.17) is 4.74 Å². The quantitative estimate of drug-likeness (QED) is 0.856. The SMILES string of the molecule is COc1ccc(CN(C)CC2(O)CCN(C(=O)c3cccnc3)C2)cc1. The van der Waals surface area contributed by atoms with Crippen molar-refractivity contribution in [2.45, 2.75) is 18.6 Å². The second-order valence-corrected chi connectivity index (χ2v) is 6.96. The van der Waals surface area contributed by atoms with Gasteiger partial charge in [-0.3, -0.25) is 14.7 Å². The number of ether oxygens (including phenoxy) is 1. The molecule has 0 aliphatic carbocycles. The first kappa shape index (κ1) is 18.4. The average Bonchev–Trinajstić information content (AvgIpc) is 3.04. The number of nitrogens with zero attached hydrogens (tertiary/aromatic N) is 3. The first-order valence-corrected chi connectivity index (χ1v) is 8.72. The molecular weight excluding hydrogens is 330 g/mol. The van der Waals surface area contributed by atoms with E-state index in [0.717, 1.165) is 17.9 Å². The van der Waals surface area contributed by atoms with Crippen LogP contribution < -0.4 is 4.74 Å². The second-order valence-electron chi connectivity index (χ2n) is 6.96. The number of amides is 1. The molecule has 1 aliphatic rings. The van der Waals surface area contributed by atoms with E-state index in [1.165, 1.54) is 0 Å². The third kappa shape index (κ3) is 4.39. The highest BCUT2D eigenvalue weighted by Gasteiger charge is 2.39. The highest BCUT2D eigenvalue weighted by molar-refractivity contribution is 5.94. The molecular formula is C20H25N3O3. The van der Waals surface area contributed by atoms with E-state index in [1.54, 1.807) is 36.5 Å². The van der Waals surface area contributed by atoms with E-state index < -0.39 is 5.60 Å². The predicted molar refractivity (Wildman–Crippen MR) is 99.0 cm³/mol. The fourth-order valence-corrected chi connectivity index (χ4v) is 3.43. The Morgan fingerprint density at radius 3 is 2.77 bits per heavy atom. The molecule has 1 amide bonds. The molecule has 1 fully saturated rings. The summed E-state index contributed by atoms with van der Waals surface area (Å²) in [6, 6.07) is 11.4. The number of hydrogen-bond donors (Lipinski definition) is 1. The number of likely N-dealkylation sites (N-methyl/N-ethyl adjacent to an activating group) is 1. The summed E-state index contributed by atoms with van der Waals surface area (Å²) in [6.07, 6.45) is 3.78. The van der Waals surface area contributed by atoms with Gasteiger partial charge in [-0.1, -0.05) is 12.1 Å². The van der Waals surface area contributed by atoms with E-state index >= 15 is 0 Å². The van der Waals surface area contributed by atoms with Crippen molar-refractivity contribution < 1.29 is 14.6 Å². The summed E-state index contributed by atoms with van der Waals surface area (Å²) in [7, 11) is 3.63. The van der Waals surface area contributed by atoms with Crippen molar-refractivity contribution in [3.8, 4) is 5.75 Å². The molecule has 138 valence electrons. The van der Waals surface area contributed by atoms with Gasteiger partial charge in [-0.05, 0) is 43.3 Å². The zero-order chi connectivity index (χ0) is 18.6. The smallest absolute Gasteiger partial charge is 0.255 e. The maximum absolute atomic E-state index is 12.5. The number of aromatic nitrogens is 1. The molecule has 1 aromatic heterocycles. The van der Waals surface area contributed by atoms with Crippen molar-refractivity contribution in [1.29, 1.82) is 0 Å². The van der Waals surface area contributed by atoms with Crippen LogP contribution in [0, 0.1) is 0 Å². The minimum atomic E-state index is -0.890. The molecule has 1 saturated heterocycles. The lowest BCUT2D eigenvalue weighted by molar-refractivity contribution is 0.0163. The van der Waals surface area contributed by atoms with Gasteiger partial charge in [0.05, 0.1) is 24.8 Å². The highest BCUT2D eigenvalue weighted by Crippen LogP contribution is 2.24. The molecule has 1 atom stereocenters. The predicted octanol–water partition coefficient (Wildman–Crippen LogP) is 1.80. The molecule has 0 saturated carbocycles. The number of carbonyl (C=O) groups excluding carboxylic acids is 1. The summed E-state index contributed by atoms with van der Waals surface area (Å²) in [5.74, 6) is 0.752. The molecule has 3 rings (SSSR count). The molecule has 2 aromatic rings. The van der Waals surface area contributed by atoms with Crippen LogP contribution in [0.25, 0.3) is 0 Å². The van der Waals surface area contributed by atoms with Gasteiger partial charge in [0.25, 0.3) is 5.91 Å². The third-order valence-corrected chi connectivity index (χ3v) is 4.70. The van der Waals surface area contributed by atoms with Gasteiger partial charge in [0.2, 0.25) is 0 Å². The van der Waals surface area contributed by atoms with E-state index in [1.807, 2.05) is 31.3 Å². The summed E-state index contributed by atoms with van der Waals surface area (Å²) in [5, 5.41) is 10.9. The fraction of sp³-hybridized carbons (Fsp3) is 0.400. The summed E-state index contributed by atoms with van der Waals surface area (Å²) >= 11 is 0. The van der Waals surface area contributed by atoms with Crippen LogP contribution in [0.2, 0.25) is 0 Å². The maximum atomic E-state index is 12.5. The Bertz CT molecular complexity index is 736. The molecule has 26 heavy (non-hydrogen) atoms. The molecule has 0 radical (unpaired) electrons. The lowest BCUT2D eigenvalue weighted by atomic mass is 10.0. The Labute approximate surface area is 154 Å². The van der Waals surface area contributed by atoms with Crippen molar-refractivity contribution in [1.82, 2.24) is 14.8 Å². The normalized spacial score (nSPS) is 19.8. The molecule has 6 nitrogen and oxygen atoms in total. The van der Waals surface area contributed by atoms with Gasteiger partial charge in [0.1, 0.15) is 5.75 Å². The first-order valence-electron chi connectivity index (χ1n) is 8.72. The van der Waals surface area contributed by atoms with Crippen LogP contribution in [0.1, 0.15) is 22.3 Å². The van der Waals surface area contributed by atoms with E-state index in [-0.39, 0.29) is 5.91 Å². The van der Waals surface area contributed by atoms with Gasteiger partial charge in [0, 0.05) is 32.0 Å². The van der Waals surface area contributed by atoms with E-state index in [2.05, 4.69) is 9.88 Å². The van der Waals surface area contributed by atoms with Gasteiger partial charge in [-0.25, -0.2) is 0 Å². The fourth-order valence-electron chi connectivity index (χ4n) is 3.43. The molecule has 1 unspecified atom stereocenters. The zero-order valence-corrected chi connectivity index (χ0v) is 15.3. The molecule has 0 spiro atoms. The average molecular weight is 355 g/mol. The highest BCUT2D eigenvalue weighted by atomic mass is 16.5. The van der Waals surface area contributed by atoms with Crippen LogP contribution in [0.3, 0.4) is 0 Å². The Hall–Kier alpha value is -2.44. The maximum Gasteiger partial charge on any atom is 0.255 e. The number of pyridine rings is 1. The Morgan fingerprint density at radius 1 is 1.35 bits per heavy atom. The number of aliphatic hydroxyl groups is 1. The van der Waals surface area contributed by atoms with Crippen LogP contribution in [-0.4, -0.2) is 65.2 Å².